The summed E-state index contributed by atoms with van der Waals surface area (Å²) in [5, 5.41) is 3.36. The Morgan fingerprint density at radius 3 is 2.47 bits per heavy atom. The van der Waals surface area contributed by atoms with Crippen molar-refractivity contribution in [3.05, 3.63) is 69.9 Å². The molecule has 1 atom stereocenters. The van der Waals surface area contributed by atoms with Crippen LogP contribution in [-0.4, -0.2) is 6.54 Å². The fourth-order valence-electron chi connectivity index (χ4n) is 2.22. The van der Waals surface area contributed by atoms with Crippen molar-refractivity contribution in [3.8, 4) is 0 Å². The highest BCUT2D eigenvalue weighted by Gasteiger charge is 2.18. The molecule has 2 aromatic rings. The molecule has 0 spiro atoms. The Morgan fingerprint density at radius 2 is 1.84 bits per heavy atom. The van der Waals surface area contributed by atoms with Crippen LogP contribution in [0.2, 0.25) is 0 Å². The Balaban J connectivity index is 2.30. The van der Waals surface area contributed by atoms with Gasteiger partial charge in [-0.15, -0.1) is 0 Å². The monoisotopic (exact) mass is 321 g/mol. The van der Waals surface area contributed by atoms with Crippen molar-refractivity contribution < 1.29 is 4.39 Å². The second kappa shape index (κ2) is 6.83. The summed E-state index contributed by atoms with van der Waals surface area (Å²) in [6.07, 6.45) is 0.772. The molecule has 1 nitrogen and oxygen atoms in total. The summed E-state index contributed by atoms with van der Waals surface area (Å²) in [7, 11) is 0. The highest BCUT2D eigenvalue weighted by atomic mass is 79.9. The molecule has 0 saturated heterocycles. The van der Waals surface area contributed by atoms with Crippen LogP contribution in [0.4, 0.5) is 4.39 Å². The molecule has 0 heterocycles. The van der Waals surface area contributed by atoms with E-state index >= 15 is 0 Å². The molecule has 0 aliphatic rings. The van der Waals surface area contributed by atoms with E-state index in [1.54, 1.807) is 6.07 Å². The maximum Gasteiger partial charge on any atom is 0.129 e. The molecule has 0 fully saturated rings. The predicted octanol–water partition coefficient (Wildman–Crippen LogP) is 4.48. The second-order valence-electron chi connectivity index (χ2n) is 4.44. The maximum atomic E-state index is 14.1. The van der Waals surface area contributed by atoms with Crippen LogP contribution in [0.25, 0.3) is 0 Å². The van der Waals surface area contributed by atoms with Crippen LogP contribution < -0.4 is 5.32 Å². The van der Waals surface area contributed by atoms with E-state index in [2.05, 4.69) is 33.4 Å². The van der Waals surface area contributed by atoms with Crippen LogP contribution in [0.3, 0.4) is 0 Å². The molecule has 0 bridgehead atoms. The standard InChI is InChI=1S/C16H17BrFN/c1-2-19-15(11-12-7-4-3-5-8-12)16-13(17)9-6-10-14(16)18/h3-10,15,19H,2,11H2,1H3. The average Bonchev–Trinajstić information content (AvgIpc) is 2.40. The molecular weight excluding hydrogens is 305 g/mol. The van der Waals surface area contributed by atoms with Crippen LogP contribution >= 0.6 is 15.9 Å². The third-order valence-electron chi connectivity index (χ3n) is 3.08. The van der Waals surface area contributed by atoms with Crippen molar-refractivity contribution in [1.82, 2.24) is 5.32 Å². The molecule has 19 heavy (non-hydrogen) atoms. The molecule has 1 N–H and O–H groups in total. The smallest absolute Gasteiger partial charge is 0.129 e. The molecule has 2 aromatic carbocycles. The van der Waals surface area contributed by atoms with Crippen LogP contribution in [0.5, 0.6) is 0 Å². The zero-order valence-electron chi connectivity index (χ0n) is 10.9. The summed E-state index contributed by atoms with van der Waals surface area (Å²) in [5.41, 5.74) is 1.90. The van der Waals surface area contributed by atoms with Crippen molar-refractivity contribution in [2.75, 3.05) is 6.54 Å². The molecule has 0 amide bonds. The first-order valence-electron chi connectivity index (χ1n) is 6.43. The number of hydrogen-bond acceptors (Lipinski definition) is 1. The minimum absolute atomic E-state index is 0.0250. The Labute approximate surface area is 122 Å². The number of nitrogens with one attached hydrogen (secondary N) is 1. The van der Waals surface area contributed by atoms with Gasteiger partial charge >= 0.3 is 0 Å². The fraction of sp³-hybridized carbons (Fsp3) is 0.250. The van der Waals surface area contributed by atoms with Crippen molar-refractivity contribution >= 4 is 15.9 Å². The Hall–Kier alpha value is -1.19. The van der Waals surface area contributed by atoms with Gasteiger partial charge < -0.3 is 5.32 Å². The van der Waals surface area contributed by atoms with Crippen molar-refractivity contribution in [2.24, 2.45) is 0 Å². The van der Waals surface area contributed by atoms with Crippen LogP contribution in [0.1, 0.15) is 24.1 Å². The van der Waals surface area contributed by atoms with Gasteiger partial charge in [0.15, 0.2) is 0 Å². The van der Waals surface area contributed by atoms with E-state index in [9.17, 15) is 4.39 Å². The molecule has 1 unspecified atom stereocenters. The summed E-state index contributed by atoms with van der Waals surface area (Å²) in [6.45, 7) is 2.84. The predicted molar refractivity (Wildman–Crippen MR) is 80.7 cm³/mol. The largest absolute Gasteiger partial charge is 0.310 e. The van der Waals surface area contributed by atoms with Crippen molar-refractivity contribution in [1.29, 1.82) is 0 Å². The van der Waals surface area contributed by atoms with Crippen molar-refractivity contribution in [2.45, 2.75) is 19.4 Å². The summed E-state index contributed by atoms with van der Waals surface area (Å²) < 4.78 is 14.9. The first-order chi connectivity index (χ1) is 9.22. The van der Waals surface area contributed by atoms with Crippen LogP contribution in [0.15, 0.2) is 53.0 Å². The lowest BCUT2D eigenvalue weighted by Crippen LogP contribution is -2.24. The normalized spacial score (nSPS) is 12.4. The van der Waals surface area contributed by atoms with E-state index in [4.69, 9.17) is 0 Å². The number of benzene rings is 2. The van der Waals surface area contributed by atoms with E-state index in [1.807, 2.05) is 31.2 Å². The average molecular weight is 322 g/mol. The molecular formula is C16H17BrFN. The molecule has 100 valence electrons. The van der Waals surface area contributed by atoms with Gasteiger partial charge in [0, 0.05) is 16.1 Å². The van der Waals surface area contributed by atoms with Gasteiger partial charge in [0.1, 0.15) is 5.82 Å². The second-order valence-corrected chi connectivity index (χ2v) is 5.29. The molecule has 0 saturated carbocycles. The van der Waals surface area contributed by atoms with Crippen molar-refractivity contribution in [3.63, 3.8) is 0 Å². The highest BCUT2D eigenvalue weighted by molar-refractivity contribution is 9.10. The summed E-state index contributed by atoms with van der Waals surface area (Å²) in [5.74, 6) is -0.170. The van der Waals surface area contributed by atoms with Gasteiger partial charge in [-0.05, 0) is 30.7 Å². The van der Waals surface area contributed by atoms with E-state index in [0.29, 0.717) is 5.56 Å². The first kappa shape index (κ1) is 14.2. The molecule has 3 heteroatoms. The summed E-state index contributed by atoms with van der Waals surface area (Å²) in [4.78, 5) is 0. The van der Waals surface area contributed by atoms with Crippen LogP contribution in [0, 0.1) is 5.82 Å². The van der Waals surface area contributed by atoms with Gasteiger partial charge in [-0.3, -0.25) is 0 Å². The fourth-order valence-corrected chi connectivity index (χ4v) is 2.83. The third-order valence-corrected chi connectivity index (χ3v) is 3.77. The van der Waals surface area contributed by atoms with E-state index in [1.165, 1.54) is 11.6 Å². The zero-order valence-corrected chi connectivity index (χ0v) is 12.5. The zero-order chi connectivity index (χ0) is 13.7. The van der Waals surface area contributed by atoms with Gasteiger partial charge in [0.2, 0.25) is 0 Å². The molecule has 0 aliphatic heterocycles. The topological polar surface area (TPSA) is 12.0 Å². The SMILES string of the molecule is CCNC(Cc1ccccc1)c1c(F)cccc1Br. The minimum Gasteiger partial charge on any atom is -0.310 e. The number of halogens is 2. The number of likely N-dealkylation sites (N-methyl/N-ethyl adjacent to an activating group) is 1. The highest BCUT2D eigenvalue weighted by Crippen LogP contribution is 2.28. The quantitative estimate of drug-likeness (QED) is 0.856. The minimum atomic E-state index is -0.170. The van der Waals surface area contributed by atoms with Gasteiger partial charge in [0.05, 0.1) is 0 Å². The lowest BCUT2D eigenvalue weighted by atomic mass is 9.98. The number of rotatable bonds is 5. The lowest BCUT2D eigenvalue weighted by molar-refractivity contribution is 0.508. The Bertz CT molecular complexity index is 507. The molecule has 0 aliphatic carbocycles. The number of hydrogen-bond donors (Lipinski definition) is 1. The molecule has 2 rings (SSSR count). The van der Waals surface area contributed by atoms with E-state index in [-0.39, 0.29) is 11.9 Å². The van der Waals surface area contributed by atoms with Gasteiger partial charge in [-0.25, -0.2) is 4.39 Å². The summed E-state index contributed by atoms with van der Waals surface area (Å²) in [6, 6.07) is 15.2. The van der Waals surface area contributed by atoms with Gasteiger partial charge in [0.25, 0.3) is 0 Å². The Morgan fingerprint density at radius 1 is 1.11 bits per heavy atom. The molecule has 0 aromatic heterocycles. The molecule has 0 radical (unpaired) electrons. The van der Waals surface area contributed by atoms with Gasteiger partial charge in [-0.2, -0.15) is 0 Å². The first-order valence-corrected chi connectivity index (χ1v) is 7.23. The van der Waals surface area contributed by atoms with E-state index < -0.39 is 0 Å². The summed E-state index contributed by atoms with van der Waals surface area (Å²) >= 11 is 3.45. The van der Waals surface area contributed by atoms with Crippen LogP contribution in [-0.2, 0) is 6.42 Å². The Kier molecular flexibility index (Phi) is 5.11. The maximum absolute atomic E-state index is 14.1. The van der Waals surface area contributed by atoms with E-state index in [0.717, 1.165) is 17.4 Å². The lowest BCUT2D eigenvalue weighted by Gasteiger charge is -2.20. The van der Waals surface area contributed by atoms with Gasteiger partial charge in [-0.1, -0.05) is 59.3 Å². The third kappa shape index (κ3) is 3.64.